The van der Waals surface area contributed by atoms with E-state index in [2.05, 4.69) is 0 Å². The first-order chi connectivity index (χ1) is 9.02. The van der Waals surface area contributed by atoms with Crippen molar-refractivity contribution in [3.05, 3.63) is 33.9 Å². The smallest absolute Gasteiger partial charge is 0.348 e. The molecule has 0 fully saturated rings. The molecule has 98 valence electrons. The summed E-state index contributed by atoms with van der Waals surface area (Å²) in [5, 5.41) is 10.5. The van der Waals surface area contributed by atoms with Gasteiger partial charge in [0.1, 0.15) is 16.9 Å². The van der Waals surface area contributed by atoms with Gasteiger partial charge in [-0.25, -0.2) is 4.79 Å². The van der Waals surface area contributed by atoms with E-state index >= 15 is 0 Å². The van der Waals surface area contributed by atoms with Gasteiger partial charge in [-0.2, -0.15) is 0 Å². The van der Waals surface area contributed by atoms with Gasteiger partial charge in [-0.05, 0) is 12.0 Å². The van der Waals surface area contributed by atoms with Crippen molar-refractivity contribution < 1.29 is 19.1 Å². The number of fused-ring (bicyclic) bond motifs is 3. The number of methoxy groups -OCH3 is 1. The topological polar surface area (TPSA) is 76.7 Å². The lowest BCUT2D eigenvalue weighted by atomic mass is 9.99. The number of ketones is 1. The van der Waals surface area contributed by atoms with E-state index in [4.69, 9.17) is 9.15 Å². The lowest BCUT2D eigenvalue weighted by molar-refractivity contribution is 0.0963. The van der Waals surface area contributed by atoms with Gasteiger partial charge in [-0.3, -0.25) is 4.79 Å². The lowest BCUT2D eigenvalue weighted by Gasteiger charge is -2.10. The van der Waals surface area contributed by atoms with Crippen LogP contribution < -0.4 is 10.4 Å². The number of carbonyl (C=O) groups is 1. The summed E-state index contributed by atoms with van der Waals surface area (Å²) in [7, 11) is 1.47. The number of phenols is 1. The van der Waals surface area contributed by atoms with Gasteiger partial charge in [0.15, 0.2) is 11.5 Å². The average molecular weight is 260 g/mol. The molecule has 5 heteroatoms. The fourth-order valence-corrected chi connectivity index (χ4v) is 2.64. The van der Waals surface area contributed by atoms with Gasteiger partial charge in [0.2, 0.25) is 0 Å². The molecule has 0 saturated heterocycles. The molecule has 0 aliphatic heterocycles. The lowest BCUT2D eigenvalue weighted by Crippen LogP contribution is -2.06. The summed E-state index contributed by atoms with van der Waals surface area (Å²) in [6.07, 6.45) is 0.315. The molecule has 1 aliphatic carbocycles. The van der Waals surface area contributed by atoms with Crippen LogP contribution in [0.5, 0.6) is 11.5 Å². The van der Waals surface area contributed by atoms with Crippen LogP contribution in [0.15, 0.2) is 21.3 Å². The fraction of sp³-hybridized carbons (Fsp3) is 0.286. The standard InChI is InChI=1S/C14H12O5/c1-6-3-10(16)13-11(6)8-4-7(18-2)5-9(15)12(8)14(17)19-13/h4-6,15H,3H2,1-2H3/t6-/m0/s1. The third-order valence-electron chi connectivity index (χ3n) is 3.50. The van der Waals surface area contributed by atoms with E-state index in [0.717, 1.165) is 0 Å². The minimum absolute atomic E-state index is 0.0409. The minimum Gasteiger partial charge on any atom is -0.507 e. The van der Waals surface area contributed by atoms with Gasteiger partial charge in [-0.15, -0.1) is 0 Å². The van der Waals surface area contributed by atoms with Gasteiger partial charge >= 0.3 is 5.63 Å². The zero-order valence-corrected chi connectivity index (χ0v) is 10.5. The van der Waals surface area contributed by atoms with E-state index in [-0.39, 0.29) is 28.6 Å². The number of aromatic hydroxyl groups is 1. The molecule has 0 amide bonds. The van der Waals surface area contributed by atoms with Crippen LogP contribution in [0.3, 0.4) is 0 Å². The average Bonchev–Trinajstić information content (AvgIpc) is 2.64. The van der Waals surface area contributed by atoms with Crippen LogP contribution in [-0.2, 0) is 0 Å². The zero-order chi connectivity index (χ0) is 13.7. The normalized spacial score (nSPS) is 17.8. The summed E-state index contributed by atoms with van der Waals surface area (Å²) in [5.41, 5.74) is -0.0230. The van der Waals surface area contributed by atoms with Crippen molar-refractivity contribution in [3.8, 4) is 11.5 Å². The molecule has 0 radical (unpaired) electrons. The van der Waals surface area contributed by atoms with Crippen molar-refractivity contribution in [3.63, 3.8) is 0 Å². The summed E-state index contributed by atoms with van der Waals surface area (Å²) >= 11 is 0. The number of carbonyl (C=O) groups excluding carboxylic acids is 1. The van der Waals surface area contributed by atoms with Gasteiger partial charge in [-0.1, -0.05) is 6.92 Å². The van der Waals surface area contributed by atoms with E-state index < -0.39 is 5.63 Å². The molecule has 1 N–H and O–H groups in total. The first kappa shape index (κ1) is 11.8. The Balaban J connectivity index is 2.51. The van der Waals surface area contributed by atoms with Crippen molar-refractivity contribution in [1.29, 1.82) is 0 Å². The van der Waals surface area contributed by atoms with Crippen molar-refractivity contribution in [2.24, 2.45) is 0 Å². The van der Waals surface area contributed by atoms with Gasteiger partial charge < -0.3 is 14.3 Å². The molecule has 1 atom stereocenters. The van der Waals surface area contributed by atoms with Crippen molar-refractivity contribution in [1.82, 2.24) is 0 Å². The Labute approximate surface area is 108 Å². The highest BCUT2D eigenvalue weighted by atomic mass is 16.5. The molecule has 0 spiro atoms. The monoisotopic (exact) mass is 260 g/mol. The van der Waals surface area contributed by atoms with Crippen LogP contribution in [0.1, 0.15) is 35.4 Å². The van der Waals surface area contributed by atoms with Crippen LogP contribution in [0.4, 0.5) is 0 Å². The fourth-order valence-electron chi connectivity index (χ4n) is 2.64. The van der Waals surface area contributed by atoms with Crippen LogP contribution in [0, 0.1) is 0 Å². The van der Waals surface area contributed by atoms with Crippen molar-refractivity contribution in [2.75, 3.05) is 7.11 Å². The minimum atomic E-state index is -0.698. The summed E-state index contributed by atoms with van der Waals surface area (Å²) in [4.78, 5) is 23.7. The molecule has 0 bridgehead atoms. The Morgan fingerprint density at radius 3 is 2.79 bits per heavy atom. The molecule has 5 nitrogen and oxygen atoms in total. The number of Topliss-reactive ketones (excluding diaryl/α,β-unsaturated/α-hetero) is 1. The highest BCUT2D eigenvalue weighted by Crippen LogP contribution is 2.40. The Morgan fingerprint density at radius 1 is 1.37 bits per heavy atom. The van der Waals surface area contributed by atoms with Crippen molar-refractivity contribution >= 4 is 16.6 Å². The SMILES string of the molecule is COc1cc(O)c2c(=O)oc3c(c2c1)[C@@H](C)CC3=O. The molecule has 19 heavy (non-hydrogen) atoms. The largest absolute Gasteiger partial charge is 0.507 e. The second-order valence-corrected chi connectivity index (χ2v) is 4.73. The Morgan fingerprint density at radius 2 is 2.11 bits per heavy atom. The highest BCUT2D eigenvalue weighted by molar-refractivity contribution is 6.05. The number of benzene rings is 1. The molecular weight excluding hydrogens is 248 g/mol. The predicted molar refractivity (Wildman–Crippen MR) is 68.1 cm³/mol. The Kier molecular flexibility index (Phi) is 2.38. The second kappa shape index (κ2) is 3.85. The van der Waals surface area contributed by atoms with E-state index in [1.54, 1.807) is 6.07 Å². The first-order valence-corrected chi connectivity index (χ1v) is 5.94. The molecule has 0 unspecified atom stereocenters. The molecule has 0 saturated carbocycles. The van der Waals surface area contributed by atoms with Gasteiger partial charge in [0.05, 0.1) is 7.11 Å². The summed E-state index contributed by atoms with van der Waals surface area (Å²) in [6, 6.07) is 3.01. The number of rotatable bonds is 1. The molecule has 3 rings (SSSR count). The maximum Gasteiger partial charge on any atom is 0.348 e. The maximum atomic E-state index is 11.9. The third kappa shape index (κ3) is 1.54. The molecule has 2 aromatic rings. The maximum absolute atomic E-state index is 11.9. The van der Waals surface area contributed by atoms with Crippen LogP contribution in [0.25, 0.3) is 10.8 Å². The second-order valence-electron chi connectivity index (χ2n) is 4.73. The Hall–Kier alpha value is -2.30. The number of hydrogen-bond donors (Lipinski definition) is 1. The summed E-state index contributed by atoms with van der Waals surface area (Å²) in [6.45, 7) is 1.89. The number of hydrogen-bond acceptors (Lipinski definition) is 5. The third-order valence-corrected chi connectivity index (χ3v) is 3.50. The zero-order valence-electron chi connectivity index (χ0n) is 10.5. The molecule has 1 aliphatic rings. The predicted octanol–water partition coefficient (Wildman–Crippen LogP) is 2.20. The summed E-state index contributed by atoms with van der Waals surface area (Å²) in [5.74, 6) is 0.129. The van der Waals surface area contributed by atoms with Crippen LogP contribution in [0.2, 0.25) is 0 Å². The first-order valence-electron chi connectivity index (χ1n) is 5.94. The molecule has 1 aromatic carbocycles. The quantitative estimate of drug-likeness (QED) is 0.850. The van der Waals surface area contributed by atoms with Gasteiger partial charge in [0, 0.05) is 23.4 Å². The number of phenolic OH excluding ortho intramolecular Hbond substituents is 1. The Bertz CT molecular complexity index is 757. The highest BCUT2D eigenvalue weighted by Gasteiger charge is 2.32. The van der Waals surface area contributed by atoms with Crippen LogP contribution >= 0.6 is 0 Å². The summed E-state index contributed by atoms with van der Waals surface area (Å²) < 4.78 is 10.2. The van der Waals surface area contributed by atoms with Crippen molar-refractivity contribution in [2.45, 2.75) is 19.3 Å². The van der Waals surface area contributed by atoms with E-state index in [1.165, 1.54) is 13.2 Å². The van der Waals surface area contributed by atoms with E-state index in [0.29, 0.717) is 23.1 Å². The van der Waals surface area contributed by atoms with Gasteiger partial charge in [0.25, 0.3) is 0 Å². The molecule has 1 heterocycles. The molecular formula is C14H12O5. The van der Waals surface area contributed by atoms with Crippen LogP contribution in [-0.4, -0.2) is 18.0 Å². The van der Waals surface area contributed by atoms with E-state index in [1.807, 2.05) is 6.92 Å². The van der Waals surface area contributed by atoms with E-state index in [9.17, 15) is 14.7 Å². The molecule has 1 aromatic heterocycles. The number of ether oxygens (including phenoxy) is 1.